The molecule has 2 aliphatic heterocycles. The minimum absolute atomic E-state index is 0.126. The predicted molar refractivity (Wildman–Crippen MR) is 108 cm³/mol. The molecule has 0 bridgehead atoms. The largest absolute Gasteiger partial charge is 0.372 e. The number of benzene rings is 2. The summed E-state index contributed by atoms with van der Waals surface area (Å²) in [5.74, 6) is -0.0323. The maximum atomic E-state index is 12.6. The molecule has 5 nitrogen and oxygen atoms in total. The number of nitrogens with zero attached hydrogens (tertiary/aromatic N) is 2. The lowest BCUT2D eigenvalue weighted by molar-refractivity contribution is -0.117. The van der Waals surface area contributed by atoms with E-state index in [0.717, 1.165) is 37.4 Å². The second-order valence-corrected chi connectivity index (χ2v) is 7.25. The third kappa shape index (κ3) is 3.97. The molecular weight excluding hydrogens is 338 g/mol. The average molecular weight is 363 g/mol. The van der Waals surface area contributed by atoms with Crippen molar-refractivity contribution >= 4 is 28.9 Å². The number of anilines is 3. The van der Waals surface area contributed by atoms with Crippen molar-refractivity contribution in [2.24, 2.45) is 0 Å². The molecule has 0 saturated carbocycles. The lowest BCUT2D eigenvalue weighted by Gasteiger charge is -2.28. The first kappa shape index (κ1) is 17.6. The van der Waals surface area contributed by atoms with E-state index in [1.165, 1.54) is 24.9 Å². The van der Waals surface area contributed by atoms with E-state index in [0.29, 0.717) is 12.0 Å². The lowest BCUT2D eigenvalue weighted by Crippen LogP contribution is -2.29. The van der Waals surface area contributed by atoms with Crippen LogP contribution in [0.1, 0.15) is 42.5 Å². The Morgan fingerprint density at radius 1 is 0.852 bits per heavy atom. The minimum Gasteiger partial charge on any atom is -0.372 e. The molecule has 0 aromatic heterocycles. The highest BCUT2D eigenvalue weighted by Crippen LogP contribution is 2.24. The van der Waals surface area contributed by atoms with Crippen molar-refractivity contribution in [3.05, 3.63) is 54.1 Å². The van der Waals surface area contributed by atoms with Crippen LogP contribution in [0.15, 0.2) is 48.5 Å². The van der Waals surface area contributed by atoms with E-state index in [1.807, 2.05) is 24.3 Å². The van der Waals surface area contributed by atoms with E-state index < -0.39 is 0 Å². The molecule has 2 saturated heterocycles. The van der Waals surface area contributed by atoms with Crippen molar-refractivity contribution in [1.82, 2.24) is 0 Å². The molecule has 1 N–H and O–H groups in total. The molecule has 2 aromatic rings. The van der Waals surface area contributed by atoms with Crippen LogP contribution in [0, 0.1) is 0 Å². The van der Waals surface area contributed by atoms with Gasteiger partial charge in [0.2, 0.25) is 5.91 Å². The number of amides is 2. The van der Waals surface area contributed by atoms with Crippen LogP contribution in [0.3, 0.4) is 0 Å². The van der Waals surface area contributed by atoms with Crippen molar-refractivity contribution in [3.63, 3.8) is 0 Å². The number of hydrogen-bond acceptors (Lipinski definition) is 3. The molecule has 0 spiro atoms. The van der Waals surface area contributed by atoms with E-state index in [2.05, 4.69) is 22.3 Å². The summed E-state index contributed by atoms with van der Waals surface area (Å²) in [6.45, 7) is 2.93. The molecule has 140 valence electrons. The number of piperidine rings is 1. The van der Waals surface area contributed by atoms with Gasteiger partial charge in [0, 0.05) is 48.7 Å². The van der Waals surface area contributed by atoms with E-state index >= 15 is 0 Å². The number of rotatable bonds is 4. The highest BCUT2D eigenvalue weighted by atomic mass is 16.2. The van der Waals surface area contributed by atoms with Gasteiger partial charge in [-0.05, 0) is 68.1 Å². The number of carbonyl (C=O) groups excluding carboxylic acids is 2. The van der Waals surface area contributed by atoms with Crippen molar-refractivity contribution in [2.75, 3.05) is 34.8 Å². The van der Waals surface area contributed by atoms with Gasteiger partial charge in [-0.1, -0.05) is 6.07 Å². The molecule has 2 amide bonds. The number of nitrogens with one attached hydrogen (secondary N) is 1. The zero-order valence-electron chi connectivity index (χ0n) is 15.5. The molecule has 2 fully saturated rings. The quantitative estimate of drug-likeness (QED) is 0.891. The average Bonchev–Trinajstić information content (AvgIpc) is 3.15. The van der Waals surface area contributed by atoms with Gasteiger partial charge < -0.3 is 15.1 Å². The Kier molecular flexibility index (Phi) is 5.10. The first-order valence-corrected chi connectivity index (χ1v) is 9.77. The van der Waals surface area contributed by atoms with Crippen molar-refractivity contribution in [3.8, 4) is 0 Å². The zero-order chi connectivity index (χ0) is 18.6. The van der Waals surface area contributed by atoms with Crippen LogP contribution in [-0.2, 0) is 4.79 Å². The Hall–Kier alpha value is -2.82. The molecular formula is C22H25N3O2. The summed E-state index contributed by atoms with van der Waals surface area (Å²) in [7, 11) is 0. The molecule has 2 aliphatic rings. The van der Waals surface area contributed by atoms with Crippen LogP contribution in [0.4, 0.5) is 17.1 Å². The van der Waals surface area contributed by atoms with Crippen LogP contribution >= 0.6 is 0 Å². The standard InChI is InChI=1S/C22H25N3O2/c26-21-8-5-15-25(21)20-7-4-6-17(16-20)22(27)23-18-9-11-19(12-10-18)24-13-2-1-3-14-24/h4,6-7,9-12,16H,1-3,5,8,13-15H2,(H,23,27). The van der Waals surface area contributed by atoms with Gasteiger partial charge in [-0.2, -0.15) is 0 Å². The first-order valence-electron chi connectivity index (χ1n) is 9.77. The Labute approximate surface area is 160 Å². The Morgan fingerprint density at radius 3 is 2.33 bits per heavy atom. The second kappa shape index (κ2) is 7.82. The molecule has 27 heavy (non-hydrogen) atoms. The normalized spacial score (nSPS) is 17.3. The molecule has 4 rings (SSSR count). The summed E-state index contributed by atoms with van der Waals surface area (Å²) in [5, 5.41) is 2.96. The van der Waals surface area contributed by atoms with Gasteiger partial charge in [0.05, 0.1) is 0 Å². The molecule has 5 heteroatoms. The van der Waals surface area contributed by atoms with Crippen LogP contribution in [0.2, 0.25) is 0 Å². The molecule has 0 aliphatic carbocycles. The Balaban J connectivity index is 1.43. The highest BCUT2D eigenvalue weighted by Gasteiger charge is 2.22. The number of carbonyl (C=O) groups is 2. The Bertz CT molecular complexity index is 826. The van der Waals surface area contributed by atoms with Gasteiger partial charge in [0.15, 0.2) is 0 Å². The highest BCUT2D eigenvalue weighted by molar-refractivity contribution is 6.05. The van der Waals surface area contributed by atoms with Crippen LogP contribution in [0.25, 0.3) is 0 Å². The van der Waals surface area contributed by atoms with Gasteiger partial charge in [-0.3, -0.25) is 9.59 Å². The van der Waals surface area contributed by atoms with Gasteiger partial charge in [-0.25, -0.2) is 0 Å². The fraction of sp³-hybridized carbons (Fsp3) is 0.364. The maximum absolute atomic E-state index is 12.6. The van der Waals surface area contributed by atoms with Crippen LogP contribution in [0.5, 0.6) is 0 Å². The summed E-state index contributed by atoms with van der Waals surface area (Å²) in [5.41, 5.74) is 3.35. The predicted octanol–water partition coefficient (Wildman–Crippen LogP) is 4.06. The summed E-state index contributed by atoms with van der Waals surface area (Å²) in [6, 6.07) is 15.3. The lowest BCUT2D eigenvalue weighted by atomic mass is 10.1. The van der Waals surface area contributed by atoms with Gasteiger partial charge in [0.1, 0.15) is 0 Å². The van der Waals surface area contributed by atoms with Gasteiger partial charge in [0.25, 0.3) is 5.91 Å². The van der Waals surface area contributed by atoms with Crippen LogP contribution < -0.4 is 15.1 Å². The topological polar surface area (TPSA) is 52.7 Å². The fourth-order valence-electron chi connectivity index (χ4n) is 3.85. The summed E-state index contributed by atoms with van der Waals surface area (Å²) < 4.78 is 0. The SMILES string of the molecule is O=C(Nc1ccc(N2CCCCC2)cc1)c1cccc(N2CCCC2=O)c1. The molecule has 0 unspecified atom stereocenters. The van der Waals surface area contributed by atoms with Crippen molar-refractivity contribution in [2.45, 2.75) is 32.1 Å². The van der Waals surface area contributed by atoms with E-state index in [9.17, 15) is 9.59 Å². The summed E-state index contributed by atoms with van der Waals surface area (Å²) in [6.07, 6.45) is 5.26. The van der Waals surface area contributed by atoms with Gasteiger partial charge in [-0.15, -0.1) is 0 Å². The smallest absolute Gasteiger partial charge is 0.255 e. The Morgan fingerprint density at radius 2 is 1.63 bits per heavy atom. The molecule has 0 radical (unpaired) electrons. The summed E-state index contributed by atoms with van der Waals surface area (Å²) in [4.78, 5) is 28.7. The second-order valence-electron chi connectivity index (χ2n) is 7.25. The third-order valence-electron chi connectivity index (χ3n) is 5.34. The van der Waals surface area contributed by atoms with Crippen molar-refractivity contribution in [1.29, 1.82) is 0 Å². The van der Waals surface area contributed by atoms with E-state index in [-0.39, 0.29) is 11.8 Å². The zero-order valence-corrected chi connectivity index (χ0v) is 15.5. The minimum atomic E-state index is -0.158. The molecule has 2 heterocycles. The van der Waals surface area contributed by atoms with Crippen molar-refractivity contribution < 1.29 is 9.59 Å². The van der Waals surface area contributed by atoms with E-state index in [1.54, 1.807) is 17.0 Å². The van der Waals surface area contributed by atoms with E-state index in [4.69, 9.17) is 0 Å². The summed E-state index contributed by atoms with van der Waals surface area (Å²) >= 11 is 0. The number of hydrogen-bond donors (Lipinski definition) is 1. The first-order chi connectivity index (χ1) is 13.2. The monoisotopic (exact) mass is 363 g/mol. The molecule has 0 atom stereocenters. The third-order valence-corrected chi connectivity index (χ3v) is 5.34. The fourth-order valence-corrected chi connectivity index (χ4v) is 3.85. The van der Waals surface area contributed by atoms with Crippen LogP contribution in [-0.4, -0.2) is 31.4 Å². The maximum Gasteiger partial charge on any atom is 0.255 e. The van der Waals surface area contributed by atoms with Gasteiger partial charge >= 0.3 is 0 Å². The molecule has 2 aromatic carbocycles.